The number of benzene rings is 1. The van der Waals surface area contributed by atoms with Gasteiger partial charge in [0.1, 0.15) is 0 Å². The number of anilines is 1. The predicted molar refractivity (Wildman–Crippen MR) is 85.9 cm³/mol. The zero-order chi connectivity index (χ0) is 14.5. The van der Waals surface area contributed by atoms with Gasteiger partial charge in [-0.25, -0.2) is 4.98 Å². The van der Waals surface area contributed by atoms with Crippen molar-refractivity contribution in [2.75, 3.05) is 12.4 Å². The van der Waals surface area contributed by atoms with Crippen molar-refractivity contribution in [3.05, 3.63) is 33.7 Å². The fraction of sp³-hybridized carbons (Fsp3) is 0.357. The Morgan fingerprint density at radius 2 is 2.15 bits per heavy atom. The van der Waals surface area contributed by atoms with Crippen molar-refractivity contribution in [3.63, 3.8) is 0 Å². The van der Waals surface area contributed by atoms with Crippen LogP contribution in [0.25, 0.3) is 0 Å². The molecule has 20 heavy (non-hydrogen) atoms. The minimum Gasteiger partial charge on any atom is -0.493 e. The number of rotatable bonds is 6. The molecule has 108 valence electrons. The quantitative estimate of drug-likeness (QED) is 0.837. The number of thiazole rings is 1. The number of methoxy groups -OCH3 is 1. The molecule has 0 aliphatic rings. The third-order valence-electron chi connectivity index (χ3n) is 2.56. The Hall–Kier alpha value is -1.27. The van der Waals surface area contributed by atoms with E-state index in [0.29, 0.717) is 6.54 Å². The van der Waals surface area contributed by atoms with Gasteiger partial charge in [0.25, 0.3) is 0 Å². The van der Waals surface area contributed by atoms with Crippen LogP contribution in [0.5, 0.6) is 11.5 Å². The SMILES string of the molecule is COc1cc(CNc2nccs2)c(Br)cc1OC(C)C. The number of nitrogens with one attached hydrogen (secondary N) is 1. The highest BCUT2D eigenvalue weighted by atomic mass is 79.9. The van der Waals surface area contributed by atoms with Crippen LogP contribution < -0.4 is 14.8 Å². The van der Waals surface area contributed by atoms with Crippen LogP contribution in [0.1, 0.15) is 19.4 Å². The summed E-state index contributed by atoms with van der Waals surface area (Å²) >= 11 is 5.15. The van der Waals surface area contributed by atoms with Gasteiger partial charge >= 0.3 is 0 Å². The summed E-state index contributed by atoms with van der Waals surface area (Å²) in [5, 5.41) is 6.12. The van der Waals surface area contributed by atoms with E-state index in [9.17, 15) is 0 Å². The van der Waals surface area contributed by atoms with E-state index in [-0.39, 0.29) is 6.10 Å². The minimum absolute atomic E-state index is 0.107. The third kappa shape index (κ3) is 3.86. The standard InChI is InChI=1S/C14H17BrN2O2S/c1-9(2)19-13-7-11(15)10(6-12(13)18-3)8-17-14-16-4-5-20-14/h4-7,9H,8H2,1-3H3,(H,16,17). The summed E-state index contributed by atoms with van der Waals surface area (Å²) in [5.74, 6) is 1.48. The first-order valence-corrected chi connectivity index (χ1v) is 7.94. The van der Waals surface area contributed by atoms with E-state index in [1.165, 1.54) is 0 Å². The van der Waals surface area contributed by atoms with Crippen LogP contribution in [-0.2, 0) is 6.54 Å². The first-order chi connectivity index (χ1) is 9.60. The highest BCUT2D eigenvalue weighted by Crippen LogP contribution is 2.34. The van der Waals surface area contributed by atoms with E-state index in [0.717, 1.165) is 26.7 Å². The predicted octanol–water partition coefficient (Wildman–Crippen LogP) is 4.31. The van der Waals surface area contributed by atoms with Crippen LogP contribution in [0, 0.1) is 0 Å². The van der Waals surface area contributed by atoms with Crippen LogP contribution in [0.2, 0.25) is 0 Å². The molecule has 0 saturated carbocycles. The largest absolute Gasteiger partial charge is 0.493 e. The summed E-state index contributed by atoms with van der Waals surface area (Å²) in [7, 11) is 1.65. The second kappa shape index (κ2) is 6.95. The number of ether oxygens (including phenoxy) is 2. The lowest BCUT2D eigenvalue weighted by Crippen LogP contribution is -2.08. The van der Waals surface area contributed by atoms with Crippen LogP contribution in [0.4, 0.5) is 5.13 Å². The Morgan fingerprint density at radius 3 is 2.75 bits per heavy atom. The highest BCUT2D eigenvalue weighted by molar-refractivity contribution is 9.10. The molecule has 1 aromatic heterocycles. The third-order valence-corrected chi connectivity index (χ3v) is 4.03. The molecular weight excluding hydrogens is 340 g/mol. The summed E-state index contributed by atoms with van der Waals surface area (Å²) in [6, 6.07) is 3.92. The lowest BCUT2D eigenvalue weighted by atomic mass is 10.2. The van der Waals surface area contributed by atoms with Crippen LogP contribution >= 0.6 is 27.3 Å². The Kier molecular flexibility index (Phi) is 5.25. The Morgan fingerprint density at radius 1 is 1.35 bits per heavy atom. The fourth-order valence-electron chi connectivity index (χ4n) is 1.70. The molecular formula is C14H17BrN2O2S. The van der Waals surface area contributed by atoms with Crippen LogP contribution in [0.3, 0.4) is 0 Å². The van der Waals surface area contributed by atoms with E-state index in [2.05, 4.69) is 26.2 Å². The molecule has 0 aliphatic heterocycles. The maximum atomic E-state index is 5.74. The summed E-state index contributed by atoms with van der Waals surface area (Å²) in [4.78, 5) is 4.20. The molecule has 1 aromatic carbocycles. The molecule has 0 aliphatic carbocycles. The van der Waals surface area contributed by atoms with Crippen molar-refractivity contribution in [2.24, 2.45) is 0 Å². The van der Waals surface area contributed by atoms with E-state index < -0.39 is 0 Å². The molecule has 0 fully saturated rings. The number of hydrogen-bond donors (Lipinski definition) is 1. The van der Waals surface area contributed by atoms with E-state index in [4.69, 9.17) is 9.47 Å². The maximum absolute atomic E-state index is 5.74. The van der Waals surface area contributed by atoms with Crippen molar-refractivity contribution >= 4 is 32.4 Å². The maximum Gasteiger partial charge on any atom is 0.182 e. The molecule has 2 aromatic rings. The molecule has 0 atom stereocenters. The van der Waals surface area contributed by atoms with Gasteiger partial charge in [0.2, 0.25) is 0 Å². The molecule has 0 bridgehead atoms. The highest BCUT2D eigenvalue weighted by Gasteiger charge is 2.11. The second-order valence-electron chi connectivity index (χ2n) is 4.45. The number of halogens is 1. The molecule has 0 amide bonds. The molecule has 0 spiro atoms. The molecule has 2 rings (SSSR count). The molecule has 6 heteroatoms. The van der Waals surface area contributed by atoms with Gasteiger partial charge in [-0.1, -0.05) is 15.9 Å². The molecule has 0 saturated heterocycles. The van der Waals surface area contributed by atoms with Gasteiger partial charge in [-0.2, -0.15) is 0 Å². The van der Waals surface area contributed by atoms with Gasteiger partial charge in [-0.15, -0.1) is 11.3 Å². The summed E-state index contributed by atoms with van der Waals surface area (Å²) < 4.78 is 12.1. The lowest BCUT2D eigenvalue weighted by Gasteiger charge is -2.16. The summed E-state index contributed by atoms with van der Waals surface area (Å²) in [5.41, 5.74) is 1.09. The van der Waals surface area contributed by atoms with Crippen LogP contribution in [0.15, 0.2) is 28.2 Å². The molecule has 1 N–H and O–H groups in total. The first-order valence-electron chi connectivity index (χ1n) is 6.26. The molecule has 1 heterocycles. The van der Waals surface area contributed by atoms with E-state index in [1.807, 2.05) is 31.4 Å². The zero-order valence-corrected chi connectivity index (χ0v) is 14.0. The van der Waals surface area contributed by atoms with Crippen molar-refractivity contribution in [1.82, 2.24) is 4.98 Å². The average molecular weight is 357 g/mol. The normalized spacial score (nSPS) is 10.7. The van der Waals surface area contributed by atoms with E-state index in [1.54, 1.807) is 24.6 Å². The summed E-state index contributed by atoms with van der Waals surface area (Å²) in [6.07, 6.45) is 1.89. The van der Waals surface area contributed by atoms with Crippen molar-refractivity contribution in [3.8, 4) is 11.5 Å². The topological polar surface area (TPSA) is 43.4 Å². The van der Waals surface area contributed by atoms with Gasteiger partial charge in [0.15, 0.2) is 16.6 Å². The number of aromatic nitrogens is 1. The molecule has 4 nitrogen and oxygen atoms in total. The van der Waals surface area contributed by atoms with Gasteiger partial charge < -0.3 is 14.8 Å². The summed E-state index contributed by atoms with van der Waals surface area (Å²) in [6.45, 7) is 4.66. The van der Waals surface area contributed by atoms with Gasteiger partial charge in [-0.3, -0.25) is 0 Å². The first kappa shape index (κ1) is 15.1. The molecule has 0 radical (unpaired) electrons. The smallest absolute Gasteiger partial charge is 0.182 e. The lowest BCUT2D eigenvalue weighted by molar-refractivity contribution is 0.230. The van der Waals surface area contributed by atoms with E-state index >= 15 is 0 Å². The number of nitrogens with zero attached hydrogens (tertiary/aromatic N) is 1. The van der Waals surface area contributed by atoms with Crippen molar-refractivity contribution in [2.45, 2.75) is 26.5 Å². The van der Waals surface area contributed by atoms with Crippen molar-refractivity contribution < 1.29 is 9.47 Å². The Balaban J connectivity index is 2.16. The van der Waals surface area contributed by atoms with Gasteiger partial charge in [0.05, 0.1) is 13.2 Å². The van der Waals surface area contributed by atoms with Gasteiger partial charge in [-0.05, 0) is 31.5 Å². The molecule has 0 unspecified atom stereocenters. The second-order valence-corrected chi connectivity index (χ2v) is 6.20. The van der Waals surface area contributed by atoms with Crippen molar-refractivity contribution in [1.29, 1.82) is 0 Å². The fourth-order valence-corrected chi connectivity index (χ4v) is 2.69. The van der Waals surface area contributed by atoms with Crippen LogP contribution in [-0.4, -0.2) is 18.2 Å². The number of hydrogen-bond acceptors (Lipinski definition) is 5. The monoisotopic (exact) mass is 356 g/mol. The zero-order valence-electron chi connectivity index (χ0n) is 11.6. The Labute approximate surface area is 131 Å². The van der Waals surface area contributed by atoms with Gasteiger partial charge in [0, 0.05) is 22.6 Å². The average Bonchev–Trinajstić information content (AvgIpc) is 2.90. The Bertz CT molecular complexity index is 559. The minimum atomic E-state index is 0.107.